The lowest BCUT2D eigenvalue weighted by Crippen LogP contribution is -2.25. The molecule has 1 aromatic heterocycles. The molecule has 0 aliphatic carbocycles. The van der Waals surface area contributed by atoms with Crippen molar-refractivity contribution in [1.82, 2.24) is 14.3 Å². The smallest absolute Gasteiger partial charge is 0.247 e. The summed E-state index contributed by atoms with van der Waals surface area (Å²) in [6, 6.07) is 11.5. The average Bonchev–Trinajstić information content (AvgIpc) is 2.83. The van der Waals surface area contributed by atoms with Crippen molar-refractivity contribution >= 4 is 11.6 Å². The van der Waals surface area contributed by atoms with Crippen LogP contribution in [0.3, 0.4) is 0 Å². The van der Waals surface area contributed by atoms with Gasteiger partial charge in [-0.05, 0) is 42.8 Å². The van der Waals surface area contributed by atoms with Gasteiger partial charge in [-0.2, -0.15) is 18.3 Å². The Labute approximate surface area is 146 Å². The highest BCUT2D eigenvalue weighted by atomic mass is 35.5. The number of hydrogen-bond donors (Lipinski definition) is 0. The first kappa shape index (κ1) is 17.3. The van der Waals surface area contributed by atoms with E-state index in [1.54, 1.807) is 31.2 Å². The van der Waals surface area contributed by atoms with Crippen LogP contribution >= 0.6 is 11.6 Å². The van der Waals surface area contributed by atoms with Crippen LogP contribution < -0.4 is 5.69 Å². The fourth-order valence-corrected chi connectivity index (χ4v) is 2.63. The van der Waals surface area contributed by atoms with Crippen molar-refractivity contribution in [2.24, 2.45) is 0 Å². The molecule has 3 aromatic rings. The van der Waals surface area contributed by atoms with E-state index in [9.17, 15) is 18.0 Å². The first-order chi connectivity index (χ1) is 11.8. The topological polar surface area (TPSA) is 39.8 Å². The van der Waals surface area contributed by atoms with Gasteiger partial charge in [0.2, 0.25) is 0 Å². The highest BCUT2D eigenvalue weighted by molar-refractivity contribution is 6.30. The van der Waals surface area contributed by atoms with Gasteiger partial charge in [0.1, 0.15) is 5.82 Å². The maximum Gasteiger partial charge on any atom is 0.416 e. The molecule has 0 atom stereocenters. The number of aryl methyl sites for hydroxylation is 1. The van der Waals surface area contributed by atoms with E-state index in [1.165, 1.54) is 16.8 Å². The molecule has 4 nitrogen and oxygen atoms in total. The molecular weight excluding hydrogens is 355 g/mol. The van der Waals surface area contributed by atoms with Crippen molar-refractivity contribution in [2.45, 2.75) is 19.6 Å². The maximum atomic E-state index is 12.9. The van der Waals surface area contributed by atoms with Gasteiger partial charge in [0.25, 0.3) is 0 Å². The molecule has 1 heterocycles. The number of alkyl halides is 3. The van der Waals surface area contributed by atoms with E-state index in [4.69, 9.17) is 11.6 Å². The first-order valence-electron chi connectivity index (χ1n) is 7.34. The van der Waals surface area contributed by atoms with Crippen molar-refractivity contribution in [2.75, 3.05) is 0 Å². The van der Waals surface area contributed by atoms with Crippen LogP contribution in [0.5, 0.6) is 0 Å². The summed E-state index contributed by atoms with van der Waals surface area (Å²) < 4.78 is 41.0. The second-order valence-corrected chi connectivity index (χ2v) is 5.93. The Morgan fingerprint density at radius 1 is 1.12 bits per heavy atom. The third-order valence-electron chi connectivity index (χ3n) is 3.68. The van der Waals surface area contributed by atoms with Crippen molar-refractivity contribution in [3.63, 3.8) is 0 Å². The molecule has 0 bridgehead atoms. The fourth-order valence-electron chi connectivity index (χ4n) is 2.50. The minimum atomic E-state index is -4.48. The summed E-state index contributed by atoms with van der Waals surface area (Å²) in [6.07, 6.45) is -4.48. The molecule has 25 heavy (non-hydrogen) atoms. The zero-order chi connectivity index (χ0) is 18.2. The van der Waals surface area contributed by atoms with Crippen LogP contribution in [-0.2, 0) is 12.7 Å². The quantitative estimate of drug-likeness (QED) is 0.700. The molecular formula is C17H13ClF3N3O. The van der Waals surface area contributed by atoms with E-state index in [0.717, 1.165) is 22.3 Å². The highest BCUT2D eigenvalue weighted by Gasteiger charge is 2.30. The molecule has 0 saturated carbocycles. The molecule has 8 heteroatoms. The standard InChI is InChI=1S/C17H13ClF3N3O/c1-11-22-23(10-12-5-7-14(18)8-6-12)16(25)24(11)15-4-2-3-13(9-15)17(19,20)21/h2-9H,10H2,1H3. The Hall–Kier alpha value is -2.54. The van der Waals surface area contributed by atoms with Crippen LogP contribution in [0.15, 0.2) is 53.3 Å². The summed E-state index contributed by atoms with van der Waals surface area (Å²) >= 11 is 5.83. The highest BCUT2D eigenvalue weighted by Crippen LogP contribution is 2.30. The molecule has 130 valence electrons. The summed E-state index contributed by atoms with van der Waals surface area (Å²) in [6.45, 7) is 1.77. The first-order valence-corrected chi connectivity index (χ1v) is 7.72. The molecule has 0 radical (unpaired) electrons. The monoisotopic (exact) mass is 367 g/mol. The molecule has 0 fully saturated rings. The third kappa shape index (κ3) is 3.61. The second kappa shape index (κ2) is 6.40. The number of benzene rings is 2. The summed E-state index contributed by atoms with van der Waals surface area (Å²) in [5, 5.41) is 4.72. The fraction of sp³-hybridized carbons (Fsp3) is 0.176. The Morgan fingerprint density at radius 2 is 1.80 bits per heavy atom. The Balaban J connectivity index is 2.00. The van der Waals surface area contributed by atoms with Gasteiger partial charge in [-0.15, -0.1) is 0 Å². The zero-order valence-corrected chi connectivity index (χ0v) is 13.8. The Kier molecular flexibility index (Phi) is 4.43. The molecule has 2 aromatic carbocycles. The van der Waals surface area contributed by atoms with Crippen LogP contribution in [0, 0.1) is 6.92 Å². The number of rotatable bonds is 3. The predicted octanol–water partition coefficient (Wildman–Crippen LogP) is 4.06. The lowest BCUT2D eigenvalue weighted by atomic mass is 10.2. The molecule has 3 rings (SSSR count). The average molecular weight is 368 g/mol. The normalized spacial score (nSPS) is 11.7. The Morgan fingerprint density at radius 3 is 2.44 bits per heavy atom. The van der Waals surface area contributed by atoms with Gasteiger partial charge in [-0.3, -0.25) is 0 Å². The van der Waals surface area contributed by atoms with E-state index in [2.05, 4.69) is 5.10 Å². The van der Waals surface area contributed by atoms with Gasteiger partial charge in [-0.25, -0.2) is 14.0 Å². The van der Waals surface area contributed by atoms with Crippen LogP contribution in [0.2, 0.25) is 5.02 Å². The van der Waals surface area contributed by atoms with Crippen LogP contribution in [0.25, 0.3) is 5.69 Å². The second-order valence-electron chi connectivity index (χ2n) is 5.50. The van der Waals surface area contributed by atoms with E-state index < -0.39 is 17.4 Å². The van der Waals surface area contributed by atoms with Crippen molar-refractivity contribution in [1.29, 1.82) is 0 Å². The predicted molar refractivity (Wildman–Crippen MR) is 88.1 cm³/mol. The van der Waals surface area contributed by atoms with Crippen molar-refractivity contribution in [3.05, 3.63) is 81.0 Å². The van der Waals surface area contributed by atoms with Gasteiger partial charge in [-0.1, -0.05) is 29.8 Å². The van der Waals surface area contributed by atoms with Crippen LogP contribution in [0.4, 0.5) is 13.2 Å². The molecule has 0 unspecified atom stereocenters. The summed E-state index contributed by atoms with van der Waals surface area (Å²) in [5.74, 6) is 0.304. The van der Waals surface area contributed by atoms with Crippen LogP contribution in [-0.4, -0.2) is 14.3 Å². The number of aromatic nitrogens is 3. The van der Waals surface area contributed by atoms with E-state index in [-0.39, 0.29) is 12.2 Å². The maximum absolute atomic E-state index is 12.9. The molecule has 0 amide bonds. The van der Waals surface area contributed by atoms with Gasteiger partial charge in [0.15, 0.2) is 0 Å². The summed E-state index contributed by atoms with van der Waals surface area (Å²) in [7, 11) is 0. The van der Waals surface area contributed by atoms with Crippen molar-refractivity contribution < 1.29 is 13.2 Å². The van der Waals surface area contributed by atoms with Gasteiger partial charge < -0.3 is 0 Å². The largest absolute Gasteiger partial charge is 0.416 e. The lowest BCUT2D eigenvalue weighted by Gasteiger charge is -2.09. The lowest BCUT2D eigenvalue weighted by molar-refractivity contribution is -0.137. The van der Waals surface area contributed by atoms with Gasteiger partial charge in [0, 0.05) is 5.02 Å². The Bertz CT molecular complexity index is 959. The van der Waals surface area contributed by atoms with Crippen molar-refractivity contribution in [3.8, 4) is 5.69 Å². The van der Waals surface area contributed by atoms with Gasteiger partial charge >= 0.3 is 11.9 Å². The van der Waals surface area contributed by atoms with E-state index >= 15 is 0 Å². The summed E-state index contributed by atoms with van der Waals surface area (Å²) in [4.78, 5) is 12.6. The minimum absolute atomic E-state index is 0.125. The molecule has 0 aliphatic heterocycles. The van der Waals surface area contributed by atoms with Gasteiger partial charge in [0.05, 0.1) is 17.8 Å². The van der Waals surface area contributed by atoms with Crippen LogP contribution in [0.1, 0.15) is 17.0 Å². The molecule has 0 spiro atoms. The minimum Gasteiger partial charge on any atom is -0.247 e. The third-order valence-corrected chi connectivity index (χ3v) is 3.93. The van der Waals surface area contributed by atoms with E-state index in [0.29, 0.717) is 10.8 Å². The molecule has 0 aliphatic rings. The zero-order valence-electron chi connectivity index (χ0n) is 13.1. The van der Waals surface area contributed by atoms with E-state index in [1.807, 2.05) is 0 Å². The summed E-state index contributed by atoms with van der Waals surface area (Å²) in [5.41, 5.74) is -0.395. The molecule has 0 N–H and O–H groups in total. The number of nitrogens with zero attached hydrogens (tertiary/aromatic N) is 3. The SMILES string of the molecule is Cc1nn(Cc2ccc(Cl)cc2)c(=O)n1-c1cccc(C(F)(F)F)c1. The number of hydrogen-bond acceptors (Lipinski definition) is 2. The number of halogens is 4. The molecule has 0 saturated heterocycles.